The van der Waals surface area contributed by atoms with Gasteiger partial charge >= 0.3 is 365 Å². The van der Waals surface area contributed by atoms with Crippen molar-refractivity contribution in [2.45, 2.75) is 37.9 Å². The number of benzene rings is 10. The Bertz CT molecular complexity index is 5420. The molecule has 0 saturated heterocycles. The van der Waals surface area contributed by atoms with Gasteiger partial charge in [0, 0.05) is 25.2 Å². The van der Waals surface area contributed by atoms with Crippen LogP contribution in [-0.2, 0) is 14.1 Å². The van der Waals surface area contributed by atoms with Crippen molar-refractivity contribution in [3.8, 4) is 83.7 Å². The zero-order valence-corrected chi connectivity index (χ0v) is 58.6. The van der Waals surface area contributed by atoms with Crippen LogP contribution in [-0.4, -0.2) is 28.7 Å². The first-order valence-electron chi connectivity index (χ1n) is 33.1. The van der Waals surface area contributed by atoms with Gasteiger partial charge in [-0.1, -0.05) is 115 Å². The molecule has 15 aromatic rings. The van der Waals surface area contributed by atoms with Gasteiger partial charge in [-0.3, -0.25) is 0 Å². The van der Waals surface area contributed by atoms with E-state index in [2.05, 4.69) is 296 Å². The molecule has 0 amide bonds. The second kappa shape index (κ2) is 26.8. The number of hydrogen-bond donors (Lipinski definition) is 1. The summed E-state index contributed by atoms with van der Waals surface area (Å²) in [6, 6.07) is 89.2. The van der Waals surface area contributed by atoms with Gasteiger partial charge in [0.1, 0.15) is 11.6 Å². The number of imidazole rings is 2. The molecule has 5 heterocycles. The van der Waals surface area contributed by atoms with Gasteiger partial charge in [0.2, 0.25) is 0 Å². The average Bonchev–Trinajstić information content (AvgIpc) is 1.57. The quantitative estimate of drug-likeness (QED) is 0.0861. The summed E-state index contributed by atoms with van der Waals surface area (Å²) in [4.78, 5) is 17.4. The zero-order valence-electron chi connectivity index (χ0n) is 54.8. The van der Waals surface area contributed by atoms with Gasteiger partial charge in [-0.25, -0.2) is 9.97 Å². The third-order valence-corrected chi connectivity index (χ3v) is 24.2. The summed E-state index contributed by atoms with van der Waals surface area (Å²) in [6.07, 6.45) is 14.2. The number of thiazole rings is 1. The van der Waals surface area contributed by atoms with E-state index in [-0.39, 0.29) is 11.2 Å². The normalized spacial score (nSPS) is 13.8. The predicted molar refractivity (Wildman–Crippen MR) is 407 cm³/mol. The standard InChI is InChI=1S/C87H69IN7OS2/c1-6-24-76(57-25-12-7-13-26-57)88-55(2)68-47-73-74-50-69(49-70(56(3)97-81(51-89)60-31-18-10-19-32-60)83(74)96-84(73)75(48-68)87-92-54-82(98-87)61-33-20-11-21-34-61)95-77-41-39-64(62-35-22-37-66(43-62)85-90-52-79(93(85)4)58-27-14-8-15-28-58)45-71(77)72-46-65(40-42-78(72)95)63-36-23-38-67(44-63)86-91-53-80(94(86)5)59-29-16-9-17-30-59/h7-47,49-54,56,75H,2,6,48,89H2,1,3-5H3/q-1/b76-24-,81-51-. The van der Waals surface area contributed by atoms with E-state index in [0.29, 0.717) is 0 Å². The van der Waals surface area contributed by atoms with Gasteiger partial charge in [-0.15, -0.1) is 0 Å². The van der Waals surface area contributed by atoms with Crippen LogP contribution in [0.15, 0.2) is 300 Å². The maximum absolute atomic E-state index is 7.59. The Morgan fingerprint density at radius 3 is 1.64 bits per heavy atom. The number of allylic oxidation sites excluding steroid dienone is 3. The molecule has 16 rings (SSSR count). The van der Waals surface area contributed by atoms with E-state index in [4.69, 9.17) is 31.7 Å². The first-order chi connectivity index (χ1) is 48.1. The fraction of sp³-hybridized carbons (Fsp3) is 0.0920. The van der Waals surface area contributed by atoms with Crippen molar-refractivity contribution in [3.05, 3.63) is 328 Å². The molecule has 0 radical (unpaired) electrons. The van der Waals surface area contributed by atoms with Crippen LogP contribution in [0.3, 0.4) is 0 Å². The summed E-state index contributed by atoms with van der Waals surface area (Å²) in [5, 5.41) is 4.21. The van der Waals surface area contributed by atoms with Crippen molar-refractivity contribution < 1.29 is 25.6 Å². The van der Waals surface area contributed by atoms with E-state index in [1.807, 2.05) is 24.7 Å². The second-order valence-corrected chi connectivity index (χ2v) is 30.3. The molecule has 0 fully saturated rings. The number of fused-ring (bicyclic) bond motifs is 6. The van der Waals surface area contributed by atoms with E-state index in [1.54, 1.807) is 29.3 Å². The van der Waals surface area contributed by atoms with Gasteiger partial charge in [0.05, 0.1) is 23.8 Å². The van der Waals surface area contributed by atoms with Crippen LogP contribution in [0.1, 0.15) is 70.9 Å². The molecule has 2 atom stereocenters. The van der Waals surface area contributed by atoms with Gasteiger partial charge in [-0.2, -0.15) is 0 Å². The average molecular weight is 1420 g/mol. The van der Waals surface area contributed by atoms with Gasteiger partial charge in [-0.05, 0) is 34.4 Å². The van der Waals surface area contributed by atoms with Gasteiger partial charge in [0.15, 0.2) is 0 Å². The molecule has 1 aliphatic carbocycles. The molecule has 10 aromatic carbocycles. The van der Waals surface area contributed by atoms with Crippen molar-refractivity contribution >= 4 is 70.4 Å². The Morgan fingerprint density at radius 1 is 0.582 bits per heavy atom. The summed E-state index contributed by atoms with van der Waals surface area (Å²) < 4.78 is 17.0. The number of halogens is 1. The molecule has 5 aromatic heterocycles. The van der Waals surface area contributed by atoms with E-state index in [9.17, 15) is 0 Å². The Labute approximate surface area is 589 Å². The molecule has 0 aliphatic heterocycles. The minimum atomic E-state index is -0.655. The Balaban J connectivity index is 0.897. The van der Waals surface area contributed by atoms with Gasteiger partial charge < -0.3 is 9.13 Å². The Kier molecular flexibility index (Phi) is 17.0. The third kappa shape index (κ3) is 11.8. The zero-order chi connectivity index (χ0) is 66.4. The maximum atomic E-state index is 7.59. The number of rotatable bonds is 18. The minimum absolute atomic E-state index is 0.115. The molecule has 8 nitrogen and oxygen atoms in total. The monoisotopic (exact) mass is 1420 g/mol. The van der Waals surface area contributed by atoms with Crippen molar-refractivity contribution in [3.63, 3.8) is 0 Å². The molecular weight excluding hydrogens is 1350 g/mol. The van der Waals surface area contributed by atoms with E-state index in [1.165, 1.54) is 18.3 Å². The fourth-order valence-electron chi connectivity index (χ4n) is 13.9. The third-order valence-electron chi connectivity index (χ3n) is 18.8. The van der Waals surface area contributed by atoms with Gasteiger partial charge in [0.25, 0.3) is 0 Å². The van der Waals surface area contributed by atoms with Crippen LogP contribution in [0, 0.1) is 0 Å². The molecule has 478 valence electrons. The summed E-state index contributed by atoms with van der Waals surface area (Å²) in [5.41, 5.74) is 28.4. The first-order valence-corrected chi connectivity index (χ1v) is 37.0. The van der Waals surface area contributed by atoms with E-state index in [0.717, 1.165) is 162 Å². The number of hydrogen-bond acceptors (Lipinski definition) is 7. The molecule has 2 unspecified atom stereocenters. The molecule has 0 spiro atoms. The number of nitrogens with zero attached hydrogens (tertiary/aromatic N) is 6. The van der Waals surface area contributed by atoms with Crippen molar-refractivity contribution in [2.24, 2.45) is 19.8 Å². The molecule has 0 saturated carbocycles. The van der Waals surface area contributed by atoms with Crippen LogP contribution in [0.2, 0.25) is 0 Å². The number of furan rings is 1. The molecule has 98 heavy (non-hydrogen) atoms. The molecule has 11 heteroatoms. The van der Waals surface area contributed by atoms with Crippen LogP contribution in [0.5, 0.6) is 0 Å². The van der Waals surface area contributed by atoms with Crippen molar-refractivity contribution in [1.82, 2.24) is 28.7 Å². The topological polar surface area (TPSA) is 92.6 Å². The number of aromatic nitrogens is 6. The van der Waals surface area contributed by atoms with Crippen LogP contribution in [0.25, 0.3) is 131 Å². The fourth-order valence-corrected chi connectivity index (χ4v) is 18.7. The SMILES string of the molecule is C=C([I-]/C(=C\CC)c1ccccc1)C1=Cc2c(oc3c(C(C)S/C(=C\N)c4ccccc4)cc(-n4c5ccc(-c6cccc(-c7ncc(-c8ccccc8)n7C)c6)cc5c5cc(-c6cccc(-c7ncc(-c8ccccc8)n7C)c6)ccc54)cc23)C(c2ncc(-c3ccccc3)s2)C1. The molecule has 1 aliphatic rings. The van der Waals surface area contributed by atoms with E-state index < -0.39 is 21.2 Å². The second-order valence-electron chi connectivity index (χ2n) is 24.9. The predicted octanol–water partition coefficient (Wildman–Crippen LogP) is 19.8. The van der Waals surface area contributed by atoms with Crippen molar-refractivity contribution in [2.75, 3.05) is 0 Å². The van der Waals surface area contributed by atoms with E-state index >= 15 is 0 Å². The number of nitrogens with two attached hydrogens (primary N) is 1. The first kappa shape index (κ1) is 62.2. The number of thioether (sulfide) groups is 1. The molecular formula is C87H69IN7OS2-. The van der Waals surface area contributed by atoms with Crippen molar-refractivity contribution in [1.29, 1.82) is 0 Å². The molecule has 0 bridgehead atoms. The van der Waals surface area contributed by atoms with Crippen LogP contribution < -0.4 is 26.9 Å². The summed E-state index contributed by atoms with van der Waals surface area (Å²) in [6.45, 7) is 9.49. The summed E-state index contributed by atoms with van der Waals surface area (Å²) in [7, 11) is 4.20. The van der Waals surface area contributed by atoms with Crippen LogP contribution >= 0.6 is 23.1 Å². The summed E-state index contributed by atoms with van der Waals surface area (Å²) >= 11 is 2.85. The Hall–Kier alpha value is -10.6. The Morgan fingerprint density at radius 2 is 1.09 bits per heavy atom. The van der Waals surface area contributed by atoms with Crippen LogP contribution in [0.4, 0.5) is 0 Å². The molecule has 2 N–H and O–H groups in total. The summed E-state index contributed by atoms with van der Waals surface area (Å²) in [5.74, 6) is 2.58.